The molecule has 0 aliphatic heterocycles. The van der Waals surface area contributed by atoms with E-state index in [1.807, 2.05) is 0 Å². The summed E-state index contributed by atoms with van der Waals surface area (Å²) in [6.07, 6.45) is 2.32. The van der Waals surface area contributed by atoms with E-state index in [0.29, 0.717) is 21.4 Å². The van der Waals surface area contributed by atoms with Crippen LogP contribution in [0.5, 0.6) is 0 Å². The zero-order chi connectivity index (χ0) is 16.0. The number of aromatic nitrogens is 2. The number of hydrogen-bond acceptors (Lipinski definition) is 4. The first kappa shape index (κ1) is 14.1. The SMILES string of the molecule is [B]c1cc(C(=O)c2cc(C)c3c(c2)oc(=O)n3C)c[n+]([O-])c1. The molecule has 0 aliphatic rings. The summed E-state index contributed by atoms with van der Waals surface area (Å²) in [7, 11) is 7.18. The first-order valence-electron chi connectivity index (χ1n) is 6.51. The van der Waals surface area contributed by atoms with Crippen LogP contribution < -0.4 is 15.9 Å². The predicted molar refractivity (Wildman–Crippen MR) is 80.4 cm³/mol. The van der Waals surface area contributed by atoms with Gasteiger partial charge in [0.05, 0.1) is 11.1 Å². The van der Waals surface area contributed by atoms with Crippen molar-refractivity contribution >= 4 is 30.2 Å². The fourth-order valence-electron chi connectivity index (χ4n) is 2.51. The number of carbonyl (C=O) groups is 1. The van der Waals surface area contributed by atoms with Crippen molar-refractivity contribution in [2.24, 2.45) is 7.05 Å². The van der Waals surface area contributed by atoms with Gasteiger partial charge < -0.3 is 9.62 Å². The average molecular weight is 294 g/mol. The highest BCUT2D eigenvalue weighted by molar-refractivity contribution is 6.32. The summed E-state index contributed by atoms with van der Waals surface area (Å²) in [5.74, 6) is -0.863. The second-order valence-corrected chi connectivity index (χ2v) is 5.11. The van der Waals surface area contributed by atoms with Crippen molar-refractivity contribution in [1.82, 2.24) is 4.57 Å². The molecule has 3 aromatic rings. The maximum atomic E-state index is 12.5. The fourth-order valence-corrected chi connectivity index (χ4v) is 2.51. The highest BCUT2D eigenvalue weighted by Crippen LogP contribution is 2.21. The molecule has 3 rings (SSSR count). The Balaban J connectivity index is 2.17. The Morgan fingerprint density at radius 2 is 2.00 bits per heavy atom. The number of ketones is 1. The lowest BCUT2D eigenvalue weighted by Gasteiger charge is -2.05. The topological polar surface area (TPSA) is 79.2 Å². The minimum Gasteiger partial charge on any atom is -0.619 e. The van der Waals surface area contributed by atoms with Crippen molar-refractivity contribution in [3.05, 3.63) is 63.0 Å². The quantitative estimate of drug-likeness (QED) is 0.290. The van der Waals surface area contributed by atoms with E-state index >= 15 is 0 Å². The molecule has 0 aliphatic carbocycles. The van der Waals surface area contributed by atoms with Gasteiger partial charge in [-0.25, -0.2) is 4.79 Å². The zero-order valence-electron chi connectivity index (χ0n) is 12.0. The van der Waals surface area contributed by atoms with Crippen molar-refractivity contribution < 1.29 is 13.9 Å². The van der Waals surface area contributed by atoms with Crippen molar-refractivity contribution in [3.63, 3.8) is 0 Å². The Bertz CT molecular complexity index is 951. The summed E-state index contributed by atoms with van der Waals surface area (Å²) in [5.41, 5.74) is 2.39. The number of fused-ring (bicyclic) bond motifs is 1. The van der Waals surface area contributed by atoms with Crippen LogP contribution in [-0.2, 0) is 7.05 Å². The molecule has 0 N–H and O–H groups in total. The van der Waals surface area contributed by atoms with E-state index in [-0.39, 0.29) is 16.8 Å². The maximum Gasteiger partial charge on any atom is 0.419 e. The molecule has 6 nitrogen and oxygen atoms in total. The zero-order valence-corrected chi connectivity index (χ0v) is 12.0. The normalized spacial score (nSPS) is 11.0. The molecule has 0 unspecified atom stereocenters. The molecule has 2 aromatic heterocycles. The van der Waals surface area contributed by atoms with E-state index in [1.165, 1.54) is 22.9 Å². The summed E-state index contributed by atoms with van der Waals surface area (Å²) >= 11 is 0. The number of oxazole rings is 1. The molecule has 108 valence electrons. The Morgan fingerprint density at radius 3 is 2.68 bits per heavy atom. The molecule has 0 atom stereocenters. The lowest BCUT2D eigenvalue weighted by molar-refractivity contribution is -0.604. The van der Waals surface area contributed by atoms with Crippen molar-refractivity contribution in [2.45, 2.75) is 6.92 Å². The van der Waals surface area contributed by atoms with Crippen molar-refractivity contribution in [2.75, 3.05) is 0 Å². The highest BCUT2D eigenvalue weighted by Gasteiger charge is 2.17. The number of nitrogens with zero attached hydrogens (tertiary/aromatic N) is 2. The summed E-state index contributed by atoms with van der Waals surface area (Å²) in [6, 6.07) is 4.57. The van der Waals surface area contributed by atoms with Gasteiger partial charge in [-0.3, -0.25) is 9.36 Å². The second-order valence-electron chi connectivity index (χ2n) is 5.11. The van der Waals surface area contributed by atoms with Crippen molar-refractivity contribution in [1.29, 1.82) is 0 Å². The molecule has 0 amide bonds. The summed E-state index contributed by atoms with van der Waals surface area (Å²) in [6.45, 7) is 1.78. The first-order chi connectivity index (χ1) is 10.4. The third-order valence-corrected chi connectivity index (χ3v) is 3.46. The second kappa shape index (κ2) is 4.87. The lowest BCUT2D eigenvalue weighted by Crippen LogP contribution is -2.32. The van der Waals surface area contributed by atoms with Gasteiger partial charge in [-0.1, -0.05) is 0 Å². The number of carbonyl (C=O) groups excluding carboxylic acids is 1. The Morgan fingerprint density at radius 1 is 1.27 bits per heavy atom. The molecular formula is C15H11BN2O4. The minimum absolute atomic E-state index is 0.173. The van der Waals surface area contributed by atoms with Gasteiger partial charge >= 0.3 is 5.76 Å². The number of pyridine rings is 1. The van der Waals surface area contributed by atoms with E-state index in [1.54, 1.807) is 20.0 Å². The number of rotatable bonds is 2. The van der Waals surface area contributed by atoms with E-state index in [9.17, 15) is 14.8 Å². The van der Waals surface area contributed by atoms with Crippen LogP contribution in [0.25, 0.3) is 11.1 Å². The van der Waals surface area contributed by atoms with Crippen LogP contribution in [0, 0.1) is 12.1 Å². The average Bonchev–Trinajstić information content (AvgIpc) is 2.72. The largest absolute Gasteiger partial charge is 0.619 e. The monoisotopic (exact) mass is 294 g/mol. The van der Waals surface area contributed by atoms with Crippen LogP contribution in [0.15, 0.2) is 39.8 Å². The maximum absolute atomic E-state index is 12.5. The Labute approximate surface area is 126 Å². The molecule has 1 aromatic carbocycles. The van der Waals surface area contributed by atoms with Gasteiger partial charge in [0.25, 0.3) is 0 Å². The van der Waals surface area contributed by atoms with E-state index < -0.39 is 5.76 Å². The van der Waals surface area contributed by atoms with Crippen LogP contribution in [0.2, 0.25) is 0 Å². The van der Waals surface area contributed by atoms with E-state index in [2.05, 4.69) is 0 Å². The minimum atomic E-state index is -0.496. The molecule has 7 heteroatoms. The van der Waals surface area contributed by atoms with Gasteiger partial charge in [-0.15, -0.1) is 0 Å². The highest BCUT2D eigenvalue weighted by atomic mass is 16.5. The fraction of sp³-hybridized carbons (Fsp3) is 0.133. The summed E-state index contributed by atoms with van der Waals surface area (Å²) in [5, 5.41) is 11.4. The van der Waals surface area contributed by atoms with E-state index in [4.69, 9.17) is 12.3 Å². The lowest BCUT2D eigenvalue weighted by atomic mass is 9.94. The predicted octanol–water partition coefficient (Wildman–Crippen LogP) is 0.0981. The number of benzene rings is 1. The molecule has 0 fully saturated rings. The van der Waals surface area contributed by atoms with Crippen LogP contribution in [0.3, 0.4) is 0 Å². The molecule has 0 bridgehead atoms. The Hall–Kier alpha value is -2.83. The molecule has 0 spiro atoms. The molecule has 2 heterocycles. The Kier molecular flexibility index (Phi) is 3.13. The third kappa shape index (κ3) is 2.20. The van der Waals surface area contributed by atoms with Crippen LogP contribution in [-0.4, -0.2) is 18.2 Å². The van der Waals surface area contributed by atoms with Gasteiger partial charge in [-0.05, 0) is 36.1 Å². The molecule has 0 saturated heterocycles. The number of hydrogen-bond donors (Lipinski definition) is 0. The van der Waals surface area contributed by atoms with Gasteiger partial charge in [0.2, 0.25) is 0 Å². The summed E-state index contributed by atoms with van der Waals surface area (Å²) < 4.78 is 6.98. The van der Waals surface area contributed by atoms with Crippen LogP contribution in [0.1, 0.15) is 21.5 Å². The van der Waals surface area contributed by atoms with Crippen LogP contribution in [0.4, 0.5) is 0 Å². The molecule has 2 radical (unpaired) electrons. The molecular weight excluding hydrogens is 283 g/mol. The number of aryl methyl sites for hydroxylation is 2. The first-order valence-corrected chi connectivity index (χ1v) is 6.51. The smallest absolute Gasteiger partial charge is 0.419 e. The van der Waals surface area contributed by atoms with Gasteiger partial charge in [0.1, 0.15) is 7.85 Å². The standard InChI is InChI=1S/C15H11BN2O4/c1-8-3-9(5-12-13(8)17(2)15(20)22-12)14(19)10-4-11(16)7-18(21)6-10/h3-7H,1-2H3. The third-order valence-electron chi connectivity index (χ3n) is 3.46. The van der Waals surface area contributed by atoms with Gasteiger partial charge in [0.15, 0.2) is 23.8 Å². The van der Waals surface area contributed by atoms with Crippen LogP contribution >= 0.6 is 0 Å². The molecule has 22 heavy (non-hydrogen) atoms. The summed E-state index contributed by atoms with van der Waals surface area (Å²) in [4.78, 5) is 24.1. The van der Waals surface area contributed by atoms with Gasteiger partial charge in [0, 0.05) is 12.6 Å². The van der Waals surface area contributed by atoms with E-state index in [0.717, 1.165) is 11.8 Å². The van der Waals surface area contributed by atoms with Crippen molar-refractivity contribution in [3.8, 4) is 0 Å². The van der Waals surface area contributed by atoms with Gasteiger partial charge in [-0.2, -0.15) is 4.73 Å². The molecule has 0 saturated carbocycles.